The number of carbonyl (C=O) groups is 2. The monoisotopic (exact) mass is 253 g/mol. The maximum atomic E-state index is 11.7. The van der Waals surface area contributed by atoms with Crippen molar-refractivity contribution in [3.63, 3.8) is 0 Å². The molecule has 1 aromatic rings. The standard InChI is InChI=1S/C12H15NO3S/c1-17-8-7-10(12(15)16)13-11(14)9-5-3-2-4-6-9/h2-6,10H,7-8H2,1H3,(H,13,14)(H,15,16)/t10-/m0/s1. The van der Waals surface area contributed by atoms with Crippen molar-refractivity contribution in [3.8, 4) is 0 Å². The van der Waals surface area contributed by atoms with Crippen molar-refractivity contribution in [2.24, 2.45) is 0 Å². The molecule has 17 heavy (non-hydrogen) atoms. The molecule has 0 saturated carbocycles. The first kappa shape index (κ1) is 13.6. The van der Waals surface area contributed by atoms with Gasteiger partial charge in [-0.2, -0.15) is 11.8 Å². The smallest absolute Gasteiger partial charge is 0.326 e. The molecule has 0 aliphatic heterocycles. The lowest BCUT2D eigenvalue weighted by Gasteiger charge is -2.13. The molecule has 0 aliphatic rings. The van der Waals surface area contributed by atoms with Crippen molar-refractivity contribution in [2.45, 2.75) is 12.5 Å². The second-order valence-corrected chi connectivity index (χ2v) is 4.50. The van der Waals surface area contributed by atoms with Gasteiger partial charge in [0.2, 0.25) is 0 Å². The van der Waals surface area contributed by atoms with Crippen LogP contribution in [0.5, 0.6) is 0 Å². The molecule has 1 rings (SSSR count). The molecule has 0 saturated heterocycles. The Morgan fingerprint density at radius 1 is 1.35 bits per heavy atom. The summed E-state index contributed by atoms with van der Waals surface area (Å²) in [6, 6.07) is 7.78. The number of carboxylic acids is 1. The van der Waals surface area contributed by atoms with Crippen LogP contribution in [-0.4, -0.2) is 35.0 Å². The van der Waals surface area contributed by atoms with E-state index in [4.69, 9.17) is 5.11 Å². The Labute approximate surface area is 104 Å². The van der Waals surface area contributed by atoms with Gasteiger partial charge in [0.25, 0.3) is 5.91 Å². The van der Waals surface area contributed by atoms with Crippen molar-refractivity contribution >= 4 is 23.6 Å². The summed E-state index contributed by atoms with van der Waals surface area (Å²) >= 11 is 1.56. The lowest BCUT2D eigenvalue weighted by atomic mass is 10.1. The van der Waals surface area contributed by atoms with Crippen LogP contribution in [0.4, 0.5) is 0 Å². The molecule has 0 aromatic heterocycles. The molecule has 0 spiro atoms. The summed E-state index contributed by atoms with van der Waals surface area (Å²) in [7, 11) is 0. The number of aliphatic carboxylic acids is 1. The molecule has 1 aromatic carbocycles. The molecule has 1 amide bonds. The molecule has 5 heteroatoms. The van der Waals surface area contributed by atoms with Gasteiger partial charge < -0.3 is 10.4 Å². The number of rotatable bonds is 6. The van der Waals surface area contributed by atoms with Gasteiger partial charge in [-0.3, -0.25) is 4.79 Å². The van der Waals surface area contributed by atoms with Crippen LogP contribution in [0.2, 0.25) is 0 Å². The van der Waals surface area contributed by atoms with Crippen molar-refractivity contribution in [3.05, 3.63) is 35.9 Å². The quantitative estimate of drug-likeness (QED) is 0.808. The van der Waals surface area contributed by atoms with Crippen LogP contribution in [0.25, 0.3) is 0 Å². The van der Waals surface area contributed by atoms with Gasteiger partial charge in [-0.15, -0.1) is 0 Å². The van der Waals surface area contributed by atoms with Gasteiger partial charge in [0.05, 0.1) is 0 Å². The summed E-state index contributed by atoms with van der Waals surface area (Å²) in [5.41, 5.74) is 0.475. The van der Waals surface area contributed by atoms with Crippen LogP contribution in [0.1, 0.15) is 16.8 Å². The van der Waals surface area contributed by atoms with E-state index in [0.717, 1.165) is 0 Å². The summed E-state index contributed by atoms with van der Waals surface area (Å²) < 4.78 is 0. The maximum absolute atomic E-state index is 11.7. The van der Waals surface area contributed by atoms with E-state index >= 15 is 0 Å². The fraction of sp³-hybridized carbons (Fsp3) is 0.333. The predicted octanol–water partition coefficient (Wildman–Crippen LogP) is 1.62. The molecule has 0 radical (unpaired) electrons. The second-order valence-electron chi connectivity index (χ2n) is 3.51. The first-order valence-corrected chi connectivity index (χ1v) is 6.62. The third kappa shape index (κ3) is 4.48. The molecular weight excluding hydrogens is 238 g/mol. The Bertz CT molecular complexity index is 381. The topological polar surface area (TPSA) is 66.4 Å². The number of hydrogen-bond acceptors (Lipinski definition) is 3. The van der Waals surface area contributed by atoms with Gasteiger partial charge in [-0.05, 0) is 30.6 Å². The Morgan fingerprint density at radius 3 is 2.53 bits per heavy atom. The lowest BCUT2D eigenvalue weighted by Crippen LogP contribution is -2.41. The van der Waals surface area contributed by atoms with E-state index in [1.54, 1.807) is 42.1 Å². The fourth-order valence-corrected chi connectivity index (χ4v) is 1.80. The minimum absolute atomic E-state index is 0.348. The van der Waals surface area contributed by atoms with Gasteiger partial charge in [0, 0.05) is 5.56 Å². The van der Waals surface area contributed by atoms with Crippen molar-refractivity contribution in [1.82, 2.24) is 5.32 Å². The van der Waals surface area contributed by atoms with Crippen molar-refractivity contribution in [1.29, 1.82) is 0 Å². The SMILES string of the molecule is CSCC[C@H](NC(=O)c1ccccc1)C(=O)O. The molecule has 1 atom stereocenters. The number of thioether (sulfide) groups is 1. The highest BCUT2D eigenvalue weighted by atomic mass is 32.2. The molecule has 0 fully saturated rings. The summed E-state index contributed by atoms with van der Waals surface area (Å²) in [5, 5.41) is 11.5. The molecule has 0 bridgehead atoms. The molecule has 92 valence electrons. The van der Waals surface area contributed by atoms with Crippen LogP contribution in [0, 0.1) is 0 Å². The van der Waals surface area contributed by atoms with E-state index in [-0.39, 0.29) is 5.91 Å². The zero-order valence-corrected chi connectivity index (χ0v) is 10.4. The molecule has 2 N–H and O–H groups in total. The van der Waals surface area contributed by atoms with E-state index < -0.39 is 12.0 Å². The molecule has 0 heterocycles. The van der Waals surface area contributed by atoms with Gasteiger partial charge in [0.1, 0.15) is 6.04 Å². The predicted molar refractivity (Wildman–Crippen MR) is 68.3 cm³/mol. The summed E-state index contributed by atoms with van der Waals surface area (Å²) in [6.45, 7) is 0. The van der Waals surface area contributed by atoms with Crippen LogP contribution in [-0.2, 0) is 4.79 Å². The van der Waals surface area contributed by atoms with Gasteiger partial charge >= 0.3 is 5.97 Å². The van der Waals surface area contributed by atoms with Crippen molar-refractivity contribution in [2.75, 3.05) is 12.0 Å². The minimum atomic E-state index is -0.997. The Kier molecular flexibility index (Phi) is 5.56. The first-order valence-electron chi connectivity index (χ1n) is 5.23. The largest absolute Gasteiger partial charge is 0.480 e. The van der Waals surface area contributed by atoms with Crippen molar-refractivity contribution < 1.29 is 14.7 Å². The van der Waals surface area contributed by atoms with Crippen LogP contribution >= 0.6 is 11.8 Å². The van der Waals surface area contributed by atoms with E-state index in [2.05, 4.69) is 5.32 Å². The Balaban J connectivity index is 2.61. The van der Waals surface area contributed by atoms with Crippen LogP contribution < -0.4 is 5.32 Å². The summed E-state index contributed by atoms with van der Waals surface area (Å²) in [6.07, 6.45) is 2.33. The normalized spacial score (nSPS) is 11.8. The van der Waals surface area contributed by atoms with E-state index in [0.29, 0.717) is 17.7 Å². The molecular formula is C12H15NO3S. The van der Waals surface area contributed by atoms with Crippen LogP contribution in [0.15, 0.2) is 30.3 Å². The van der Waals surface area contributed by atoms with E-state index in [9.17, 15) is 9.59 Å². The molecule has 4 nitrogen and oxygen atoms in total. The minimum Gasteiger partial charge on any atom is -0.480 e. The van der Waals surface area contributed by atoms with Crippen LogP contribution in [0.3, 0.4) is 0 Å². The highest BCUT2D eigenvalue weighted by molar-refractivity contribution is 7.98. The average molecular weight is 253 g/mol. The van der Waals surface area contributed by atoms with E-state index in [1.165, 1.54) is 0 Å². The maximum Gasteiger partial charge on any atom is 0.326 e. The highest BCUT2D eigenvalue weighted by Crippen LogP contribution is 2.04. The second kappa shape index (κ2) is 6.96. The Morgan fingerprint density at radius 2 is 2.00 bits per heavy atom. The van der Waals surface area contributed by atoms with Gasteiger partial charge in [0.15, 0.2) is 0 Å². The molecule has 0 aliphatic carbocycles. The Hall–Kier alpha value is -1.49. The first-order chi connectivity index (χ1) is 8.15. The number of nitrogens with one attached hydrogen (secondary N) is 1. The molecule has 0 unspecified atom stereocenters. The number of carboxylic acid groups (broad SMARTS) is 1. The summed E-state index contributed by atoms with van der Waals surface area (Å²) in [4.78, 5) is 22.7. The third-order valence-electron chi connectivity index (χ3n) is 2.25. The zero-order chi connectivity index (χ0) is 12.7. The van der Waals surface area contributed by atoms with Gasteiger partial charge in [-0.1, -0.05) is 18.2 Å². The highest BCUT2D eigenvalue weighted by Gasteiger charge is 2.19. The van der Waals surface area contributed by atoms with E-state index in [1.807, 2.05) is 6.26 Å². The number of hydrogen-bond donors (Lipinski definition) is 2. The average Bonchev–Trinajstić information content (AvgIpc) is 2.35. The number of carbonyl (C=O) groups excluding carboxylic acids is 1. The zero-order valence-electron chi connectivity index (χ0n) is 9.55. The third-order valence-corrected chi connectivity index (χ3v) is 2.89. The van der Waals surface area contributed by atoms with Gasteiger partial charge in [-0.25, -0.2) is 4.79 Å². The number of amides is 1. The number of benzene rings is 1. The summed E-state index contributed by atoms with van der Waals surface area (Å²) in [5.74, 6) is -0.645. The fourth-order valence-electron chi connectivity index (χ4n) is 1.32. The lowest BCUT2D eigenvalue weighted by molar-refractivity contribution is -0.139.